The normalized spacial score (nSPS) is 19.8. The van der Waals surface area contributed by atoms with Crippen LogP contribution in [0.15, 0.2) is 97.1 Å². The van der Waals surface area contributed by atoms with Gasteiger partial charge in [0, 0.05) is 0 Å². The SMILES string of the molecule is Cc1ccccc1-c1cccc2c1C=C[CH]2[Hf]([CH3])([CH3])(=[C]1CCCC1)[CH]1C=Cc2c(-c3ccccc3C)cccc21. The molecule has 0 nitrogen and oxygen atoms in total. The molecule has 4 aromatic carbocycles. The monoisotopic (exact) mass is 688 g/mol. The summed E-state index contributed by atoms with van der Waals surface area (Å²) in [6.07, 6.45) is 15.7. The molecule has 3 aliphatic carbocycles. The second-order valence-electron chi connectivity index (χ2n) is 13.3. The standard InChI is InChI=1S/2C16H13.C5H8.2CH3.Hf/c2*1-12-6-2-3-9-14(12)16-11-5-8-13-7-4-10-15(13)16;1-2-4-5-3-1;;;/h2*2-11H,1H3;1-4H2;2*1H3;. The summed E-state index contributed by atoms with van der Waals surface area (Å²) in [5.74, 6) is 0. The van der Waals surface area contributed by atoms with Crippen molar-refractivity contribution in [1.29, 1.82) is 0 Å². The van der Waals surface area contributed by atoms with E-state index in [-0.39, 0.29) is 0 Å². The number of hydrogen-bond acceptors (Lipinski definition) is 0. The van der Waals surface area contributed by atoms with E-state index in [2.05, 4.69) is 132 Å². The summed E-state index contributed by atoms with van der Waals surface area (Å²) in [6, 6.07) is 32.0. The fraction of sp³-hybridized carbons (Fsp3) is 0.256. The molecule has 0 saturated heterocycles. The van der Waals surface area contributed by atoms with Gasteiger partial charge in [0.15, 0.2) is 0 Å². The molecule has 0 bridgehead atoms. The minimum absolute atomic E-state index is 0.534. The predicted molar refractivity (Wildman–Crippen MR) is 172 cm³/mol. The van der Waals surface area contributed by atoms with E-state index in [1.165, 1.54) is 70.2 Å². The zero-order chi connectivity index (χ0) is 27.5. The van der Waals surface area contributed by atoms with Crippen LogP contribution in [0.4, 0.5) is 0 Å². The van der Waals surface area contributed by atoms with Crippen molar-refractivity contribution in [3.8, 4) is 22.3 Å². The number of hydrogen-bond donors (Lipinski definition) is 0. The zero-order valence-corrected chi connectivity index (χ0v) is 28.0. The summed E-state index contributed by atoms with van der Waals surface area (Å²) in [5, 5.41) is 0. The van der Waals surface area contributed by atoms with Crippen molar-refractivity contribution in [3.63, 3.8) is 0 Å². The van der Waals surface area contributed by atoms with Gasteiger partial charge in [-0.05, 0) is 0 Å². The molecular formula is C39H40Hf. The fourth-order valence-corrected chi connectivity index (χ4v) is 33.8. The van der Waals surface area contributed by atoms with Gasteiger partial charge in [0.05, 0.1) is 0 Å². The van der Waals surface area contributed by atoms with Crippen LogP contribution in [0, 0.1) is 13.8 Å². The number of allylic oxidation sites excluding steroid dienone is 2. The second-order valence-corrected chi connectivity index (χ2v) is 39.1. The summed E-state index contributed by atoms with van der Waals surface area (Å²) in [6.45, 7) is 4.49. The van der Waals surface area contributed by atoms with Crippen LogP contribution in [0.1, 0.15) is 66.4 Å². The summed E-state index contributed by atoms with van der Waals surface area (Å²) >= 11 is -3.89. The number of benzene rings is 4. The van der Waals surface area contributed by atoms with Crippen molar-refractivity contribution in [2.75, 3.05) is 0 Å². The first-order valence-corrected chi connectivity index (χ1v) is 28.3. The Labute approximate surface area is 241 Å². The molecule has 0 amide bonds. The molecule has 1 saturated carbocycles. The minimum atomic E-state index is -3.89. The number of aryl methyl sites for hydroxylation is 2. The van der Waals surface area contributed by atoms with Gasteiger partial charge in [-0.3, -0.25) is 0 Å². The molecule has 4 aromatic rings. The molecule has 0 radical (unpaired) electrons. The number of rotatable bonds is 4. The van der Waals surface area contributed by atoms with Crippen LogP contribution in [0.5, 0.6) is 0 Å². The molecule has 1 fully saturated rings. The topological polar surface area (TPSA) is 0 Å². The van der Waals surface area contributed by atoms with Crippen molar-refractivity contribution in [3.05, 3.63) is 130 Å². The molecule has 2 unspecified atom stereocenters. The Balaban J connectivity index is 1.43. The summed E-state index contributed by atoms with van der Waals surface area (Å²) in [4.78, 5) is 0. The van der Waals surface area contributed by atoms with Crippen LogP contribution in [0.25, 0.3) is 34.4 Å². The van der Waals surface area contributed by atoms with Crippen molar-refractivity contribution in [1.82, 2.24) is 0 Å². The van der Waals surface area contributed by atoms with Crippen molar-refractivity contribution >= 4 is 15.4 Å². The Hall–Kier alpha value is -2.90. The van der Waals surface area contributed by atoms with Crippen LogP contribution in [-0.4, -0.2) is 3.26 Å². The predicted octanol–water partition coefficient (Wildman–Crippen LogP) is 11.0. The van der Waals surface area contributed by atoms with E-state index < -0.39 is 18.0 Å². The van der Waals surface area contributed by atoms with Crippen molar-refractivity contribution in [2.24, 2.45) is 0 Å². The van der Waals surface area contributed by atoms with E-state index in [4.69, 9.17) is 0 Å². The van der Waals surface area contributed by atoms with Gasteiger partial charge >= 0.3 is 242 Å². The Morgan fingerprint density at radius 3 is 1.40 bits per heavy atom. The van der Waals surface area contributed by atoms with Gasteiger partial charge in [-0.25, -0.2) is 0 Å². The molecule has 7 rings (SSSR count). The van der Waals surface area contributed by atoms with Crippen LogP contribution in [0.2, 0.25) is 9.36 Å². The third-order valence-corrected chi connectivity index (χ3v) is 38.1. The quantitative estimate of drug-likeness (QED) is 0.187. The molecule has 200 valence electrons. The van der Waals surface area contributed by atoms with E-state index in [1.807, 2.05) is 3.26 Å². The van der Waals surface area contributed by atoms with E-state index in [1.54, 1.807) is 11.1 Å². The molecule has 0 aromatic heterocycles. The fourth-order valence-electron chi connectivity index (χ4n) is 8.67. The van der Waals surface area contributed by atoms with Crippen LogP contribution in [-0.2, 0) is 18.0 Å². The second kappa shape index (κ2) is 9.59. The Morgan fingerprint density at radius 2 is 0.950 bits per heavy atom. The average Bonchev–Trinajstić information content (AvgIpc) is 3.74. The maximum atomic E-state index is 2.83. The van der Waals surface area contributed by atoms with Crippen LogP contribution >= 0.6 is 0 Å². The van der Waals surface area contributed by atoms with E-state index >= 15 is 0 Å². The van der Waals surface area contributed by atoms with Gasteiger partial charge < -0.3 is 0 Å². The average molecular weight is 687 g/mol. The first-order valence-electron chi connectivity index (χ1n) is 15.2. The molecule has 0 aliphatic heterocycles. The molecule has 0 heterocycles. The molecule has 0 spiro atoms. The molecule has 40 heavy (non-hydrogen) atoms. The summed E-state index contributed by atoms with van der Waals surface area (Å²) in [5.41, 5.74) is 14.3. The molecule has 2 atom stereocenters. The van der Waals surface area contributed by atoms with Crippen molar-refractivity contribution in [2.45, 2.75) is 56.2 Å². The third kappa shape index (κ3) is 3.77. The van der Waals surface area contributed by atoms with Crippen LogP contribution < -0.4 is 0 Å². The Morgan fingerprint density at radius 1 is 0.525 bits per heavy atom. The first-order chi connectivity index (χ1) is 19.4. The van der Waals surface area contributed by atoms with Gasteiger partial charge in [-0.1, -0.05) is 0 Å². The Kier molecular flexibility index (Phi) is 6.24. The molecule has 0 N–H and O–H groups in total. The van der Waals surface area contributed by atoms with Crippen molar-refractivity contribution < 1.29 is 18.0 Å². The van der Waals surface area contributed by atoms with Gasteiger partial charge in [0.1, 0.15) is 0 Å². The number of fused-ring (bicyclic) bond motifs is 2. The maximum absolute atomic E-state index is 3.89. The molecule has 1 heteroatoms. The zero-order valence-electron chi connectivity index (χ0n) is 24.4. The summed E-state index contributed by atoms with van der Waals surface area (Å²) in [7, 11) is 0. The summed E-state index contributed by atoms with van der Waals surface area (Å²) < 4.78 is 8.68. The van der Waals surface area contributed by atoms with Gasteiger partial charge in [-0.15, -0.1) is 0 Å². The van der Waals surface area contributed by atoms with Gasteiger partial charge in [0.2, 0.25) is 0 Å². The molecule has 3 aliphatic rings. The first kappa shape index (κ1) is 26.0. The van der Waals surface area contributed by atoms with E-state index in [0.717, 1.165) is 0 Å². The van der Waals surface area contributed by atoms with E-state index in [0.29, 0.717) is 7.35 Å². The Bertz CT molecular complexity index is 1660. The van der Waals surface area contributed by atoms with Gasteiger partial charge in [0.25, 0.3) is 0 Å². The van der Waals surface area contributed by atoms with Crippen LogP contribution in [0.3, 0.4) is 0 Å². The molecular weight excluding hydrogens is 647 g/mol. The third-order valence-electron chi connectivity index (χ3n) is 11.0. The van der Waals surface area contributed by atoms with Gasteiger partial charge in [-0.2, -0.15) is 0 Å². The van der Waals surface area contributed by atoms with E-state index in [9.17, 15) is 0 Å².